The van der Waals surface area contributed by atoms with E-state index in [2.05, 4.69) is 11.6 Å². The van der Waals surface area contributed by atoms with E-state index < -0.39 is 18.0 Å². The lowest BCUT2D eigenvalue weighted by atomic mass is 10.3. The molecular formula is C4H6ClF3. The van der Waals surface area contributed by atoms with Crippen LogP contribution in [-0.4, -0.2) is 11.6 Å². The third-order valence-corrected chi connectivity index (χ3v) is 1.11. The van der Waals surface area contributed by atoms with Gasteiger partial charge in [0.1, 0.15) is 0 Å². The van der Waals surface area contributed by atoms with E-state index >= 15 is 0 Å². The number of alkyl halides is 4. The summed E-state index contributed by atoms with van der Waals surface area (Å²) in [4.78, 5) is 0. The summed E-state index contributed by atoms with van der Waals surface area (Å²) >= 11 is 4.45. The second-order valence-electron chi connectivity index (χ2n) is 1.42. The van der Waals surface area contributed by atoms with Crippen molar-refractivity contribution in [3.05, 3.63) is 0 Å². The van der Waals surface area contributed by atoms with Crippen molar-refractivity contribution in [2.75, 3.05) is 0 Å². The van der Waals surface area contributed by atoms with Gasteiger partial charge in [0.05, 0.1) is 0 Å². The minimum absolute atomic E-state index is 0.558. The van der Waals surface area contributed by atoms with E-state index in [4.69, 9.17) is 0 Å². The second-order valence-corrected chi connectivity index (χ2v) is 1.80. The van der Waals surface area contributed by atoms with Crippen molar-refractivity contribution in [3.63, 3.8) is 0 Å². The van der Waals surface area contributed by atoms with Gasteiger partial charge in [0.15, 0.2) is 0 Å². The summed E-state index contributed by atoms with van der Waals surface area (Å²) in [5.74, 6) is -3.36. The Morgan fingerprint density at radius 3 is 2.00 bits per heavy atom. The summed E-state index contributed by atoms with van der Waals surface area (Å²) in [6, 6.07) is 0. The molecule has 0 aliphatic carbocycles. The zero-order chi connectivity index (χ0) is 6.78. The normalized spacial score (nSPS) is 16.1. The summed E-state index contributed by atoms with van der Waals surface area (Å²) in [7, 11) is 0. The summed E-state index contributed by atoms with van der Waals surface area (Å²) in [5.41, 5.74) is -2.55. The van der Waals surface area contributed by atoms with Gasteiger partial charge in [-0.25, -0.2) is 13.2 Å². The highest BCUT2D eigenvalue weighted by Gasteiger charge is 2.36. The van der Waals surface area contributed by atoms with Gasteiger partial charge in [-0.2, -0.15) is 0 Å². The van der Waals surface area contributed by atoms with E-state index in [9.17, 15) is 13.2 Å². The number of rotatable bonds is 2. The monoisotopic (exact) mass is 146 g/mol. The average Bonchev–Trinajstić information content (AvgIpc) is 1.67. The number of hydrogen-bond acceptors (Lipinski definition) is 0. The predicted octanol–water partition coefficient (Wildman–Crippen LogP) is 2.57. The van der Waals surface area contributed by atoms with Crippen LogP contribution >= 0.6 is 11.6 Å². The third kappa shape index (κ3) is 1.90. The Balaban J connectivity index is 3.71. The van der Waals surface area contributed by atoms with E-state index in [0.717, 1.165) is 0 Å². The van der Waals surface area contributed by atoms with Gasteiger partial charge >= 0.3 is 0 Å². The van der Waals surface area contributed by atoms with Gasteiger partial charge in [-0.3, -0.25) is 0 Å². The van der Waals surface area contributed by atoms with Crippen molar-refractivity contribution in [1.82, 2.24) is 0 Å². The third-order valence-electron chi connectivity index (χ3n) is 0.791. The summed E-state index contributed by atoms with van der Waals surface area (Å²) in [5, 5.41) is 0. The van der Waals surface area contributed by atoms with Gasteiger partial charge in [-0.1, -0.05) is 18.5 Å². The van der Waals surface area contributed by atoms with Crippen LogP contribution in [0.3, 0.4) is 0 Å². The molecule has 8 heavy (non-hydrogen) atoms. The molecule has 0 heterocycles. The zero-order valence-corrected chi connectivity index (χ0v) is 5.05. The first-order valence-electron chi connectivity index (χ1n) is 2.16. The predicted molar refractivity (Wildman–Crippen MR) is 26.0 cm³/mol. The van der Waals surface area contributed by atoms with Crippen molar-refractivity contribution in [1.29, 1.82) is 0 Å². The molecule has 0 saturated heterocycles. The molecule has 0 aliphatic heterocycles. The maximum atomic E-state index is 11.8. The van der Waals surface area contributed by atoms with Gasteiger partial charge in [0.25, 0.3) is 5.92 Å². The lowest BCUT2D eigenvalue weighted by Crippen LogP contribution is -2.23. The minimum atomic E-state index is -3.36. The van der Waals surface area contributed by atoms with Crippen LogP contribution in [0.25, 0.3) is 0 Å². The van der Waals surface area contributed by atoms with Crippen LogP contribution < -0.4 is 0 Å². The van der Waals surface area contributed by atoms with E-state index in [1.165, 1.54) is 6.92 Å². The van der Waals surface area contributed by atoms with E-state index in [1.807, 2.05) is 0 Å². The summed E-state index contributed by atoms with van der Waals surface area (Å²) in [6.45, 7) is 1.18. The Kier molecular flexibility index (Phi) is 2.60. The molecule has 0 aromatic carbocycles. The van der Waals surface area contributed by atoms with E-state index in [1.54, 1.807) is 0 Å². The fraction of sp³-hybridized carbons (Fsp3) is 1.00. The Morgan fingerprint density at radius 2 is 2.00 bits per heavy atom. The van der Waals surface area contributed by atoms with Crippen LogP contribution in [0.1, 0.15) is 13.3 Å². The number of halogens is 4. The molecule has 0 radical (unpaired) electrons. The van der Waals surface area contributed by atoms with Crippen molar-refractivity contribution in [2.45, 2.75) is 24.9 Å². The van der Waals surface area contributed by atoms with Crippen LogP contribution in [0.4, 0.5) is 13.2 Å². The molecule has 0 nitrogen and oxygen atoms in total. The van der Waals surface area contributed by atoms with Crippen LogP contribution in [-0.2, 0) is 0 Å². The average molecular weight is 147 g/mol. The fourth-order valence-electron chi connectivity index (χ4n) is 0.154. The molecule has 0 N–H and O–H groups in total. The van der Waals surface area contributed by atoms with Gasteiger partial charge < -0.3 is 0 Å². The van der Waals surface area contributed by atoms with Crippen LogP contribution in [0.15, 0.2) is 0 Å². The van der Waals surface area contributed by atoms with Crippen LogP contribution in [0.2, 0.25) is 0 Å². The maximum absolute atomic E-state index is 11.8. The first-order chi connectivity index (χ1) is 3.50. The highest BCUT2D eigenvalue weighted by atomic mass is 35.5. The Bertz CT molecular complexity index is 71.7. The first-order valence-corrected chi connectivity index (χ1v) is 2.60. The van der Waals surface area contributed by atoms with Crippen molar-refractivity contribution >= 4 is 11.6 Å². The molecule has 0 fully saturated rings. The molecule has 4 heteroatoms. The minimum Gasteiger partial charge on any atom is -0.223 e. The second kappa shape index (κ2) is 2.58. The van der Waals surface area contributed by atoms with E-state index in [-0.39, 0.29) is 0 Å². The summed E-state index contributed by atoms with van der Waals surface area (Å²) < 4.78 is 35.0. The smallest absolute Gasteiger partial charge is 0.223 e. The zero-order valence-electron chi connectivity index (χ0n) is 4.30. The highest BCUT2D eigenvalue weighted by Crippen LogP contribution is 2.27. The SMILES string of the molecule is CCC(F)(F)C(F)Cl. The lowest BCUT2D eigenvalue weighted by Gasteiger charge is -2.11. The fourth-order valence-corrected chi connectivity index (χ4v) is 0.309. The molecule has 0 aromatic heterocycles. The van der Waals surface area contributed by atoms with Crippen molar-refractivity contribution in [2.24, 2.45) is 0 Å². The Labute approximate surface area is 50.6 Å². The largest absolute Gasteiger partial charge is 0.292 e. The molecule has 0 aromatic rings. The summed E-state index contributed by atoms with van der Waals surface area (Å²) in [6.07, 6.45) is -0.558. The Morgan fingerprint density at radius 1 is 1.62 bits per heavy atom. The highest BCUT2D eigenvalue weighted by molar-refractivity contribution is 6.20. The van der Waals surface area contributed by atoms with Crippen molar-refractivity contribution < 1.29 is 13.2 Å². The van der Waals surface area contributed by atoms with Crippen molar-refractivity contribution in [3.8, 4) is 0 Å². The topological polar surface area (TPSA) is 0 Å². The molecule has 1 unspecified atom stereocenters. The molecule has 0 bridgehead atoms. The van der Waals surface area contributed by atoms with Crippen LogP contribution in [0, 0.1) is 0 Å². The molecular weight excluding hydrogens is 140 g/mol. The standard InChI is InChI=1S/C4H6ClF3/c1-2-4(7,8)3(5)6/h3H,2H2,1H3. The molecule has 1 atom stereocenters. The molecule has 0 rings (SSSR count). The molecule has 0 saturated carbocycles. The van der Waals surface area contributed by atoms with E-state index in [0.29, 0.717) is 0 Å². The van der Waals surface area contributed by atoms with Gasteiger partial charge in [0.2, 0.25) is 5.63 Å². The number of hydrogen-bond donors (Lipinski definition) is 0. The van der Waals surface area contributed by atoms with Gasteiger partial charge in [-0.05, 0) is 0 Å². The molecule has 0 amide bonds. The van der Waals surface area contributed by atoms with Gasteiger partial charge in [0, 0.05) is 6.42 Å². The molecule has 0 aliphatic rings. The molecule has 50 valence electrons. The maximum Gasteiger partial charge on any atom is 0.292 e. The molecule has 0 spiro atoms. The Hall–Kier alpha value is 0.0800. The lowest BCUT2D eigenvalue weighted by molar-refractivity contribution is -0.0430. The van der Waals surface area contributed by atoms with Crippen LogP contribution in [0.5, 0.6) is 0 Å². The van der Waals surface area contributed by atoms with Gasteiger partial charge in [-0.15, -0.1) is 0 Å². The quantitative estimate of drug-likeness (QED) is 0.526. The first kappa shape index (κ1) is 8.08.